The lowest BCUT2D eigenvalue weighted by molar-refractivity contribution is 0.450. The second kappa shape index (κ2) is 4.67. The van der Waals surface area contributed by atoms with Crippen molar-refractivity contribution < 1.29 is 13.2 Å². The number of furan rings is 1. The second-order valence-corrected chi connectivity index (χ2v) is 3.86. The van der Waals surface area contributed by atoms with Crippen LogP contribution in [0.4, 0.5) is 8.78 Å². The molecule has 0 saturated heterocycles. The SMILES string of the molecule is CNC(c1ccco1)c1cc(F)c(C)cc1F. The number of benzene rings is 1. The Labute approximate surface area is 98.3 Å². The van der Waals surface area contributed by atoms with Crippen LogP contribution in [0.25, 0.3) is 0 Å². The molecule has 0 amide bonds. The molecular weight excluding hydrogens is 224 g/mol. The van der Waals surface area contributed by atoms with Crippen molar-refractivity contribution in [2.24, 2.45) is 0 Å². The van der Waals surface area contributed by atoms with Gasteiger partial charge in [0.2, 0.25) is 0 Å². The van der Waals surface area contributed by atoms with Crippen LogP contribution in [0.1, 0.15) is 22.9 Å². The van der Waals surface area contributed by atoms with Crippen molar-refractivity contribution >= 4 is 0 Å². The van der Waals surface area contributed by atoms with Crippen LogP contribution < -0.4 is 5.32 Å². The molecule has 1 atom stereocenters. The maximum absolute atomic E-state index is 13.8. The predicted octanol–water partition coefficient (Wildman–Crippen LogP) is 3.18. The number of aryl methyl sites for hydroxylation is 1. The normalized spacial score (nSPS) is 12.7. The molecule has 17 heavy (non-hydrogen) atoms. The average molecular weight is 237 g/mol. The maximum Gasteiger partial charge on any atom is 0.128 e. The first-order valence-electron chi connectivity index (χ1n) is 5.29. The van der Waals surface area contributed by atoms with Gasteiger partial charge in [-0.25, -0.2) is 8.78 Å². The van der Waals surface area contributed by atoms with E-state index in [1.807, 2.05) is 0 Å². The Morgan fingerprint density at radius 1 is 1.24 bits per heavy atom. The van der Waals surface area contributed by atoms with Gasteiger partial charge in [-0.3, -0.25) is 0 Å². The zero-order chi connectivity index (χ0) is 12.4. The third kappa shape index (κ3) is 2.22. The molecule has 2 aromatic rings. The molecule has 0 bridgehead atoms. The summed E-state index contributed by atoms with van der Waals surface area (Å²) >= 11 is 0. The number of hydrogen-bond acceptors (Lipinski definition) is 2. The Kier molecular flexibility index (Phi) is 3.24. The van der Waals surface area contributed by atoms with Gasteiger partial charge in [0.25, 0.3) is 0 Å². The highest BCUT2D eigenvalue weighted by Gasteiger charge is 2.20. The molecule has 90 valence electrons. The Morgan fingerprint density at radius 2 is 2.00 bits per heavy atom. The fourth-order valence-corrected chi connectivity index (χ4v) is 1.79. The lowest BCUT2D eigenvalue weighted by Gasteiger charge is -2.15. The summed E-state index contributed by atoms with van der Waals surface area (Å²) < 4.78 is 32.5. The molecule has 0 radical (unpaired) electrons. The topological polar surface area (TPSA) is 25.2 Å². The number of nitrogens with one attached hydrogen (secondary N) is 1. The zero-order valence-corrected chi connectivity index (χ0v) is 9.63. The highest BCUT2D eigenvalue weighted by Crippen LogP contribution is 2.26. The second-order valence-electron chi connectivity index (χ2n) is 3.86. The van der Waals surface area contributed by atoms with Crippen molar-refractivity contribution in [2.45, 2.75) is 13.0 Å². The molecule has 0 aliphatic rings. The fraction of sp³-hybridized carbons (Fsp3) is 0.231. The van der Waals surface area contributed by atoms with Gasteiger partial charge < -0.3 is 9.73 Å². The van der Waals surface area contributed by atoms with E-state index in [1.54, 1.807) is 19.2 Å². The van der Waals surface area contributed by atoms with E-state index in [0.29, 0.717) is 11.3 Å². The van der Waals surface area contributed by atoms with Gasteiger partial charge in [-0.15, -0.1) is 0 Å². The quantitative estimate of drug-likeness (QED) is 0.887. The van der Waals surface area contributed by atoms with E-state index in [-0.39, 0.29) is 5.56 Å². The third-order valence-corrected chi connectivity index (χ3v) is 2.71. The summed E-state index contributed by atoms with van der Waals surface area (Å²) in [6.07, 6.45) is 1.50. The van der Waals surface area contributed by atoms with Crippen molar-refractivity contribution in [3.63, 3.8) is 0 Å². The van der Waals surface area contributed by atoms with E-state index >= 15 is 0 Å². The van der Waals surface area contributed by atoms with Crippen molar-refractivity contribution in [1.82, 2.24) is 5.32 Å². The van der Waals surface area contributed by atoms with Crippen molar-refractivity contribution in [2.75, 3.05) is 7.05 Å². The van der Waals surface area contributed by atoms with Crippen LogP contribution in [0, 0.1) is 18.6 Å². The molecule has 2 nitrogen and oxygen atoms in total. The summed E-state index contributed by atoms with van der Waals surface area (Å²) in [5.41, 5.74) is 0.533. The van der Waals surface area contributed by atoms with Gasteiger partial charge in [0, 0.05) is 5.56 Å². The third-order valence-electron chi connectivity index (χ3n) is 2.71. The van der Waals surface area contributed by atoms with Crippen LogP contribution in [0.15, 0.2) is 34.9 Å². The predicted molar refractivity (Wildman–Crippen MR) is 60.7 cm³/mol. The van der Waals surface area contributed by atoms with Crippen LogP contribution >= 0.6 is 0 Å². The summed E-state index contributed by atoms with van der Waals surface area (Å²) in [5.74, 6) is -0.317. The summed E-state index contributed by atoms with van der Waals surface area (Å²) in [6.45, 7) is 1.53. The van der Waals surface area contributed by atoms with Gasteiger partial charge in [0.1, 0.15) is 17.4 Å². The molecule has 0 saturated carbocycles. The molecule has 0 fully saturated rings. The minimum absolute atomic E-state index is 0.241. The Morgan fingerprint density at radius 3 is 2.59 bits per heavy atom. The summed E-state index contributed by atoms with van der Waals surface area (Å²) in [6, 6.07) is 5.34. The van der Waals surface area contributed by atoms with Gasteiger partial charge in [-0.1, -0.05) is 0 Å². The van der Waals surface area contributed by atoms with Gasteiger partial charge >= 0.3 is 0 Å². The van der Waals surface area contributed by atoms with Gasteiger partial charge in [-0.2, -0.15) is 0 Å². The number of rotatable bonds is 3. The van der Waals surface area contributed by atoms with Crippen LogP contribution in [0.3, 0.4) is 0 Å². The zero-order valence-electron chi connectivity index (χ0n) is 9.63. The first-order valence-corrected chi connectivity index (χ1v) is 5.29. The molecule has 0 spiro atoms. The maximum atomic E-state index is 13.8. The van der Waals surface area contributed by atoms with Crippen LogP contribution in [-0.4, -0.2) is 7.05 Å². The largest absolute Gasteiger partial charge is 0.467 e. The highest BCUT2D eigenvalue weighted by atomic mass is 19.1. The Bertz CT molecular complexity index is 508. The van der Waals surface area contributed by atoms with Gasteiger partial charge in [0.05, 0.1) is 12.3 Å². The summed E-state index contributed by atoms with van der Waals surface area (Å²) in [4.78, 5) is 0. The number of hydrogen-bond donors (Lipinski definition) is 1. The van der Waals surface area contributed by atoms with E-state index in [1.165, 1.54) is 25.3 Å². The molecule has 4 heteroatoms. The molecule has 1 N–H and O–H groups in total. The van der Waals surface area contributed by atoms with E-state index < -0.39 is 17.7 Å². The molecule has 1 heterocycles. The van der Waals surface area contributed by atoms with Crippen LogP contribution in [0.2, 0.25) is 0 Å². The lowest BCUT2D eigenvalue weighted by Crippen LogP contribution is -2.18. The smallest absolute Gasteiger partial charge is 0.128 e. The minimum Gasteiger partial charge on any atom is -0.467 e. The molecule has 1 aromatic carbocycles. The van der Waals surface area contributed by atoms with Crippen molar-refractivity contribution in [1.29, 1.82) is 0 Å². The standard InChI is InChI=1S/C13H13F2NO/c1-8-6-11(15)9(7-10(8)14)13(16-2)12-4-3-5-17-12/h3-7,13,16H,1-2H3. The lowest BCUT2D eigenvalue weighted by atomic mass is 10.0. The first-order chi connectivity index (χ1) is 8.13. The molecule has 1 aromatic heterocycles. The Hall–Kier alpha value is -1.68. The van der Waals surface area contributed by atoms with Crippen LogP contribution in [-0.2, 0) is 0 Å². The van der Waals surface area contributed by atoms with E-state index in [4.69, 9.17) is 4.42 Å². The summed E-state index contributed by atoms with van der Waals surface area (Å²) in [5, 5.41) is 2.91. The van der Waals surface area contributed by atoms with Gasteiger partial charge in [-0.05, 0) is 43.8 Å². The molecule has 1 unspecified atom stereocenters. The molecule has 0 aliphatic carbocycles. The molecule has 2 rings (SSSR count). The van der Waals surface area contributed by atoms with Crippen molar-refractivity contribution in [3.05, 3.63) is 59.1 Å². The van der Waals surface area contributed by atoms with Crippen LogP contribution in [0.5, 0.6) is 0 Å². The van der Waals surface area contributed by atoms with E-state index in [9.17, 15) is 8.78 Å². The van der Waals surface area contributed by atoms with Gasteiger partial charge in [0.15, 0.2) is 0 Å². The highest BCUT2D eigenvalue weighted by molar-refractivity contribution is 5.31. The van der Waals surface area contributed by atoms with E-state index in [0.717, 1.165) is 0 Å². The number of halogens is 2. The van der Waals surface area contributed by atoms with E-state index in [2.05, 4.69) is 5.32 Å². The monoisotopic (exact) mass is 237 g/mol. The average Bonchev–Trinajstić information content (AvgIpc) is 2.80. The molecule has 0 aliphatic heterocycles. The minimum atomic E-state index is -0.486. The fourth-order valence-electron chi connectivity index (χ4n) is 1.79. The van der Waals surface area contributed by atoms with Crippen molar-refractivity contribution in [3.8, 4) is 0 Å². The Balaban J connectivity index is 2.48. The summed E-state index contributed by atoms with van der Waals surface area (Å²) in [7, 11) is 1.67. The molecular formula is C13H13F2NO. The first kappa shape index (κ1) is 11.8.